The molecule has 1 aromatic heterocycles. The first-order valence-electron chi connectivity index (χ1n) is 17.6. The summed E-state index contributed by atoms with van der Waals surface area (Å²) in [4.78, 5) is 25.6. The van der Waals surface area contributed by atoms with Gasteiger partial charge in [0.05, 0.1) is 30.6 Å². The third kappa shape index (κ3) is 16.7. The van der Waals surface area contributed by atoms with Crippen LogP contribution in [0.3, 0.4) is 0 Å². The van der Waals surface area contributed by atoms with Crippen LogP contribution in [-0.4, -0.2) is 77.9 Å². The van der Waals surface area contributed by atoms with Crippen molar-refractivity contribution in [1.29, 1.82) is 0 Å². The van der Waals surface area contributed by atoms with Crippen LogP contribution in [-0.2, 0) is 25.6 Å². The summed E-state index contributed by atoms with van der Waals surface area (Å²) in [6.07, 6.45) is 14.8. The Bertz CT molecular complexity index is 1330. The molecule has 0 radical (unpaired) electrons. The van der Waals surface area contributed by atoms with Crippen molar-refractivity contribution in [3.8, 4) is 0 Å². The highest BCUT2D eigenvalue weighted by molar-refractivity contribution is 5.82. The molecule has 0 aromatic carbocycles. The molecule has 1 fully saturated rings. The van der Waals surface area contributed by atoms with Crippen molar-refractivity contribution in [3.63, 3.8) is 0 Å². The number of nitrogens with zero attached hydrogens (tertiary/aromatic N) is 3. The fourth-order valence-electron chi connectivity index (χ4n) is 5.72. The average molecular weight is 686 g/mol. The summed E-state index contributed by atoms with van der Waals surface area (Å²) in [6, 6.07) is 0. The van der Waals surface area contributed by atoms with Gasteiger partial charge in [-0.05, 0) is 72.6 Å². The zero-order valence-corrected chi connectivity index (χ0v) is 30.4. The van der Waals surface area contributed by atoms with Gasteiger partial charge in [0, 0.05) is 31.4 Å². The van der Waals surface area contributed by atoms with E-state index in [0.717, 1.165) is 42.4 Å². The summed E-state index contributed by atoms with van der Waals surface area (Å²) >= 11 is 0. The van der Waals surface area contributed by atoms with Gasteiger partial charge in [0.1, 0.15) is 17.9 Å². The van der Waals surface area contributed by atoms with E-state index in [-0.39, 0.29) is 42.9 Å². The van der Waals surface area contributed by atoms with Gasteiger partial charge in [0.25, 0.3) is 0 Å². The van der Waals surface area contributed by atoms with Crippen LogP contribution in [0.1, 0.15) is 112 Å². The number of hydrogen-bond acceptors (Lipinski definition) is 10. The maximum absolute atomic E-state index is 12.8. The molecule has 8 atom stereocenters. The second-order valence-corrected chi connectivity index (χ2v) is 13.7. The number of carbonyl (C=O) groups excluding carboxylic acids is 2. The van der Waals surface area contributed by atoms with E-state index in [4.69, 9.17) is 9.47 Å². The lowest BCUT2D eigenvalue weighted by Crippen LogP contribution is -2.30. The van der Waals surface area contributed by atoms with E-state index in [9.17, 15) is 30.0 Å². The summed E-state index contributed by atoms with van der Waals surface area (Å²) in [5.74, 6) is -0.506. The number of cyclic esters (lactones) is 1. The number of allylic oxidation sites excluding steroid dienone is 8. The Morgan fingerprint density at radius 3 is 2.39 bits per heavy atom. The molecule has 2 rings (SSSR count). The third-order valence-corrected chi connectivity index (χ3v) is 8.61. The Morgan fingerprint density at radius 1 is 1.00 bits per heavy atom. The van der Waals surface area contributed by atoms with E-state index in [1.54, 1.807) is 36.9 Å². The summed E-state index contributed by atoms with van der Waals surface area (Å²) in [6.45, 7) is 13.5. The summed E-state index contributed by atoms with van der Waals surface area (Å²) in [5.41, 5.74) is 3.10. The maximum Gasteiger partial charge on any atom is 0.331 e. The van der Waals surface area contributed by atoms with Crippen LogP contribution >= 0.6 is 0 Å². The van der Waals surface area contributed by atoms with Crippen LogP contribution in [0.25, 0.3) is 0 Å². The number of hydrogen-bond donors (Lipinski definition) is 4. The molecule has 0 bridgehead atoms. The van der Waals surface area contributed by atoms with Gasteiger partial charge >= 0.3 is 11.9 Å². The highest BCUT2D eigenvalue weighted by Gasteiger charge is 2.26. The first-order valence-corrected chi connectivity index (χ1v) is 17.6. The van der Waals surface area contributed by atoms with Crippen LogP contribution in [0.4, 0.5) is 0 Å². The molecule has 274 valence electrons. The predicted octanol–water partition coefficient (Wildman–Crippen LogP) is 5.62. The zero-order valence-electron chi connectivity index (χ0n) is 30.4. The number of rotatable bonds is 14. The molecule has 1 saturated heterocycles. The topological polar surface area (TPSA) is 164 Å². The summed E-state index contributed by atoms with van der Waals surface area (Å²) in [7, 11) is 0. The molecule has 0 unspecified atom stereocenters. The second-order valence-electron chi connectivity index (χ2n) is 13.7. The standard InChI is InChI=1S/C38H59N3O8/c1-25(12-10-13-26(2)21-33(44)34(45)22-30(6)42)20-27(3)18-19-38(47)48-35-16-11-17-37(46)49-36(15-9-8-14-28(35)4)29(5)23-41-24-32(31(7)43)39-40-41/h10,12-13,18-21,24,28-31,33-36,42-45H,8-9,11,14-17,22-23H2,1-7H3/b13-10+,19-18+,25-12+,26-21+,27-20+/t28-,29-,30-,31-,33-,34-,35-,36+/m0/s1. The molecule has 1 aliphatic rings. The van der Waals surface area contributed by atoms with Gasteiger partial charge in [-0.25, -0.2) is 4.79 Å². The summed E-state index contributed by atoms with van der Waals surface area (Å²) < 4.78 is 13.5. The lowest BCUT2D eigenvalue weighted by atomic mass is 9.91. The van der Waals surface area contributed by atoms with Crippen LogP contribution in [0.5, 0.6) is 0 Å². The second kappa shape index (κ2) is 21.7. The SMILES string of the molecule is CC(=C\C=C\C(C)=C\[C@H](O)[C@@H](O)C[C@H](C)O)/C=C(C)/C=C/C(=O)O[C@H]1CCCC(=O)O[C@@H]([C@@H](C)Cn2cc([C@H](C)O)nn2)CCCC[C@@H]1C. The lowest BCUT2D eigenvalue weighted by molar-refractivity contribution is -0.153. The molecular formula is C38H59N3O8. The maximum atomic E-state index is 12.8. The number of aliphatic hydroxyl groups is 4. The number of aromatic nitrogens is 3. The van der Waals surface area contributed by atoms with Crippen LogP contribution in [0.2, 0.25) is 0 Å². The fraction of sp³-hybridized carbons (Fsp3) is 0.632. The molecule has 1 aliphatic heterocycles. The van der Waals surface area contributed by atoms with Gasteiger partial charge in [0.2, 0.25) is 0 Å². The minimum absolute atomic E-state index is 0.0242. The first-order chi connectivity index (χ1) is 23.1. The van der Waals surface area contributed by atoms with Crippen LogP contribution in [0.15, 0.2) is 65.4 Å². The lowest BCUT2D eigenvalue weighted by Gasteiger charge is -2.27. The Morgan fingerprint density at radius 2 is 1.71 bits per heavy atom. The van der Waals surface area contributed by atoms with Crippen molar-refractivity contribution in [3.05, 3.63) is 71.1 Å². The quantitative estimate of drug-likeness (QED) is 0.110. The largest absolute Gasteiger partial charge is 0.462 e. The zero-order chi connectivity index (χ0) is 36.5. The Hall–Kier alpha value is -3.38. The van der Waals surface area contributed by atoms with Crippen LogP contribution < -0.4 is 0 Å². The molecule has 1 aromatic rings. The van der Waals surface area contributed by atoms with Gasteiger partial charge in [-0.3, -0.25) is 9.48 Å². The molecule has 11 heteroatoms. The van der Waals surface area contributed by atoms with Crippen molar-refractivity contribution in [2.75, 3.05) is 0 Å². The molecule has 0 aliphatic carbocycles. The van der Waals surface area contributed by atoms with E-state index >= 15 is 0 Å². The molecule has 0 saturated carbocycles. The van der Waals surface area contributed by atoms with Crippen molar-refractivity contribution in [1.82, 2.24) is 15.0 Å². The van der Waals surface area contributed by atoms with E-state index in [0.29, 0.717) is 25.1 Å². The van der Waals surface area contributed by atoms with Crippen molar-refractivity contribution in [2.45, 2.75) is 143 Å². The number of aliphatic hydroxyl groups excluding tert-OH is 4. The van der Waals surface area contributed by atoms with Crippen molar-refractivity contribution < 1.29 is 39.5 Å². The average Bonchev–Trinajstić information content (AvgIpc) is 3.48. The minimum atomic E-state index is -1.06. The molecule has 0 amide bonds. The molecule has 2 heterocycles. The van der Waals surface area contributed by atoms with E-state index in [1.807, 2.05) is 52.0 Å². The first kappa shape index (κ1) is 41.8. The molecule has 0 spiro atoms. The van der Waals surface area contributed by atoms with E-state index < -0.39 is 30.4 Å². The Kier molecular flexibility index (Phi) is 18.5. The normalized spacial score (nSPS) is 24.1. The van der Waals surface area contributed by atoms with Gasteiger partial charge in [-0.15, -0.1) is 5.10 Å². The van der Waals surface area contributed by atoms with Crippen molar-refractivity contribution >= 4 is 11.9 Å². The molecular weight excluding hydrogens is 626 g/mol. The summed E-state index contributed by atoms with van der Waals surface area (Å²) in [5, 5.41) is 47.2. The number of carbonyl (C=O) groups is 2. The molecule has 49 heavy (non-hydrogen) atoms. The van der Waals surface area contributed by atoms with Crippen LogP contribution in [0, 0.1) is 11.8 Å². The minimum Gasteiger partial charge on any atom is -0.462 e. The highest BCUT2D eigenvalue weighted by Crippen LogP contribution is 2.25. The van der Waals surface area contributed by atoms with Crippen molar-refractivity contribution in [2.24, 2.45) is 11.8 Å². The third-order valence-electron chi connectivity index (χ3n) is 8.61. The van der Waals surface area contributed by atoms with Gasteiger partial charge in [-0.1, -0.05) is 78.7 Å². The monoisotopic (exact) mass is 685 g/mol. The van der Waals surface area contributed by atoms with Gasteiger partial charge in [0.15, 0.2) is 0 Å². The van der Waals surface area contributed by atoms with E-state index in [2.05, 4.69) is 17.2 Å². The predicted molar refractivity (Wildman–Crippen MR) is 189 cm³/mol. The van der Waals surface area contributed by atoms with Gasteiger partial charge in [-0.2, -0.15) is 0 Å². The fourth-order valence-corrected chi connectivity index (χ4v) is 5.72. The molecule has 4 N–H and O–H groups in total. The Balaban J connectivity index is 1.90. The highest BCUT2D eigenvalue weighted by atomic mass is 16.5. The Labute approximate surface area is 292 Å². The number of ether oxygens (including phenoxy) is 2. The molecule has 11 nitrogen and oxygen atoms in total. The smallest absolute Gasteiger partial charge is 0.331 e. The van der Waals surface area contributed by atoms with E-state index in [1.165, 1.54) is 6.08 Å². The van der Waals surface area contributed by atoms with Gasteiger partial charge < -0.3 is 29.9 Å². The number of esters is 2.